The molecule has 1 N–H and O–H groups in total. The summed E-state index contributed by atoms with van der Waals surface area (Å²) in [7, 11) is 0. The summed E-state index contributed by atoms with van der Waals surface area (Å²) in [5, 5.41) is 14.1. The minimum absolute atomic E-state index is 0.0142. The monoisotopic (exact) mass is 298 g/mol. The summed E-state index contributed by atoms with van der Waals surface area (Å²) in [4.78, 5) is 24.1. The van der Waals surface area contributed by atoms with Gasteiger partial charge in [-0.15, -0.1) is 0 Å². The predicted molar refractivity (Wildman–Crippen MR) is 80.0 cm³/mol. The van der Waals surface area contributed by atoms with Crippen LogP contribution < -0.4 is 10.4 Å². The average molecular weight is 298 g/mol. The molecule has 116 valence electrons. The first-order valence-corrected chi connectivity index (χ1v) is 8.17. The number of anilines is 1. The Morgan fingerprint density at radius 3 is 2.09 bits per heavy atom. The first kappa shape index (κ1) is 13.8. The average Bonchev–Trinajstić information content (AvgIpc) is 2.46. The van der Waals surface area contributed by atoms with Gasteiger partial charge in [-0.25, -0.2) is 0 Å². The van der Waals surface area contributed by atoms with Crippen molar-refractivity contribution in [2.75, 3.05) is 5.32 Å². The maximum atomic E-state index is 12.9. The van der Waals surface area contributed by atoms with Gasteiger partial charge in [-0.3, -0.25) is 4.79 Å². The van der Waals surface area contributed by atoms with Crippen molar-refractivity contribution in [2.24, 2.45) is 23.2 Å². The number of hydrogen-bond acceptors (Lipinski definition) is 3. The van der Waals surface area contributed by atoms with Gasteiger partial charge in [-0.05, 0) is 62.3 Å². The van der Waals surface area contributed by atoms with E-state index in [1.165, 1.54) is 25.3 Å². The third kappa shape index (κ3) is 2.13. The lowest BCUT2D eigenvalue weighted by Crippen LogP contribution is -2.51. The summed E-state index contributed by atoms with van der Waals surface area (Å²) in [5.74, 6) is 0.830. The van der Waals surface area contributed by atoms with Crippen LogP contribution in [0.15, 0.2) is 24.3 Å². The number of carboxylic acid groups (broad SMARTS) is 1. The number of benzene rings is 1. The Morgan fingerprint density at radius 1 is 1.00 bits per heavy atom. The molecular formula is C18H20NO3-. The lowest BCUT2D eigenvalue weighted by Gasteiger charge is -2.55. The lowest BCUT2D eigenvalue weighted by atomic mass is 9.49. The van der Waals surface area contributed by atoms with Gasteiger partial charge in [0.1, 0.15) is 0 Å². The molecule has 4 saturated carbocycles. The van der Waals surface area contributed by atoms with Gasteiger partial charge >= 0.3 is 0 Å². The second-order valence-electron chi connectivity index (χ2n) is 7.49. The second kappa shape index (κ2) is 4.83. The molecule has 0 aliphatic heterocycles. The maximum absolute atomic E-state index is 12.9. The van der Waals surface area contributed by atoms with E-state index >= 15 is 0 Å². The van der Waals surface area contributed by atoms with Gasteiger partial charge < -0.3 is 15.2 Å². The van der Waals surface area contributed by atoms with Crippen molar-refractivity contribution in [1.82, 2.24) is 0 Å². The highest BCUT2D eigenvalue weighted by molar-refractivity contribution is 6.01. The Bertz CT molecular complexity index is 602. The van der Waals surface area contributed by atoms with Crippen molar-refractivity contribution in [2.45, 2.75) is 38.5 Å². The van der Waals surface area contributed by atoms with Crippen LogP contribution in [0.2, 0.25) is 0 Å². The smallest absolute Gasteiger partial charge is 0.230 e. The molecule has 0 heterocycles. The number of rotatable bonds is 3. The van der Waals surface area contributed by atoms with Crippen LogP contribution in [0, 0.1) is 23.2 Å². The molecule has 5 rings (SSSR count). The summed E-state index contributed by atoms with van der Waals surface area (Å²) in [6.07, 6.45) is 6.75. The molecule has 0 radical (unpaired) electrons. The predicted octanol–water partition coefficient (Wildman–Crippen LogP) is 2.21. The fraction of sp³-hybridized carbons (Fsp3) is 0.556. The highest BCUT2D eigenvalue weighted by Gasteiger charge is 2.54. The highest BCUT2D eigenvalue weighted by atomic mass is 16.4. The van der Waals surface area contributed by atoms with Crippen molar-refractivity contribution >= 4 is 17.6 Å². The normalized spacial score (nSPS) is 35.4. The van der Waals surface area contributed by atoms with Crippen LogP contribution in [0.1, 0.15) is 48.9 Å². The van der Waals surface area contributed by atoms with E-state index in [1.807, 2.05) is 0 Å². The van der Waals surface area contributed by atoms with Crippen LogP contribution in [-0.2, 0) is 4.79 Å². The third-order valence-electron chi connectivity index (χ3n) is 5.92. The molecule has 0 saturated heterocycles. The van der Waals surface area contributed by atoms with Crippen LogP contribution in [0.3, 0.4) is 0 Å². The van der Waals surface area contributed by atoms with Gasteiger partial charge in [-0.1, -0.05) is 18.2 Å². The van der Waals surface area contributed by atoms with Crippen molar-refractivity contribution in [3.8, 4) is 0 Å². The molecule has 4 heteroatoms. The lowest BCUT2D eigenvalue weighted by molar-refractivity contribution is -0.254. The van der Waals surface area contributed by atoms with Crippen LogP contribution in [0.5, 0.6) is 0 Å². The van der Waals surface area contributed by atoms with Gasteiger partial charge in [-0.2, -0.15) is 0 Å². The van der Waals surface area contributed by atoms with Gasteiger partial charge in [0.05, 0.1) is 11.4 Å². The molecule has 1 amide bonds. The Morgan fingerprint density at radius 2 is 1.55 bits per heavy atom. The van der Waals surface area contributed by atoms with Crippen molar-refractivity contribution in [1.29, 1.82) is 0 Å². The SMILES string of the molecule is O=C([O-])c1ccccc1NC(=O)C12CC3CC(CC(C3)C1)C2. The molecule has 4 fully saturated rings. The first-order valence-electron chi connectivity index (χ1n) is 8.17. The molecule has 1 aromatic carbocycles. The molecule has 0 spiro atoms. The summed E-state index contributed by atoms with van der Waals surface area (Å²) < 4.78 is 0. The van der Waals surface area contributed by atoms with Gasteiger partial charge in [0.25, 0.3) is 0 Å². The minimum atomic E-state index is -1.25. The zero-order valence-electron chi connectivity index (χ0n) is 12.5. The molecule has 4 aliphatic rings. The highest BCUT2D eigenvalue weighted by Crippen LogP contribution is 2.60. The number of carbonyl (C=O) groups is 2. The van der Waals surface area contributed by atoms with E-state index < -0.39 is 5.97 Å². The van der Waals surface area contributed by atoms with E-state index in [0.29, 0.717) is 23.4 Å². The fourth-order valence-electron chi connectivity index (χ4n) is 5.41. The number of para-hydroxylation sites is 1. The Labute approximate surface area is 129 Å². The number of aromatic carboxylic acids is 1. The molecule has 22 heavy (non-hydrogen) atoms. The Hall–Kier alpha value is -1.84. The van der Waals surface area contributed by atoms with E-state index in [0.717, 1.165) is 19.3 Å². The summed E-state index contributed by atoms with van der Waals surface area (Å²) >= 11 is 0. The molecule has 4 bridgehead atoms. The van der Waals surface area contributed by atoms with E-state index in [9.17, 15) is 14.7 Å². The van der Waals surface area contributed by atoms with E-state index in [1.54, 1.807) is 18.2 Å². The van der Waals surface area contributed by atoms with Gasteiger partial charge in [0, 0.05) is 11.3 Å². The van der Waals surface area contributed by atoms with Gasteiger partial charge in [0.15, 0.2) is 0 Å². The fourth-order valence-corrected chi connectivity index (χ4v) is 5.41. The molecule has 0 unspecified atom stereocenters. The van der Waals surface area contributed by atoms with E-state index in [2.05, 4.69) is 5.32 Å². The van der Waals surface area contributed by atoms with Crippen molar-refractivity contribution < 1.29 is 14.7 Å². The van der Waals surface area contributed by atoms with E-state index in [4.69, 9.17) is 0 Å². The Balaban J connectivity index is 1.59. The number of hydrogen-bond donors (Lipinski definition) is 1. The van der Waals surface area contributed by atoms with Crippen molar-refractivity contribution in [3.63, 3.8) is 0 Å². The number of nitrogens with one attached hydrogen (secondary N) is 1. The largest absolute Gasteiger partial charge is 0.545 e. The topological polar surface area (TPSA) is 69.2 Å². The van der Waals surface area contributed by atoms with E-state index in [-0.39, 0.29) is 16.9 Å². The summed E-state index contributed by atoms with van der Waals surface area (Å²) in [6.45, 7) is 0. The second-order valence-corrected chi connectivity index (χ2v) is 7.49. The maximum Gasteiger partial charge on any atom is 0.230 e. The zero-order valence-corrected chi connectivity index (χ0v) is 12.5. The third-order valence-corrected chi connectivity index (χ3v) is 5.92. The Kier molecular flexibility index (Phi) is 3.03. The van der Waals surface area contributed by atoms with Crippen LogP contribution >= 0.6 is 0 Å². The van der Waals surface area contributed by atoms with Gasteiger partial charge in [0.2, 0.25) is 5.91 Å². The molecule has 1 aromatic rings. The standard InChI is InChI=1S/C18H21NO3/c20-16(21)14-3-1-2-4-15(14)19-17(22)18-8-11-5-12(9-18)7-13(6-11)10-18/h1-4,11-13H,5-10H2,(H,19,22)(H,20,21)/p-1. The molecule has 0 atom stereocenters. The summed E-state index contributed by atoms with van der Waals surface area (Å²) in [6, 6.07) is 6.50. The molecule has 0 aromatic heterocycles. The van der Waals surface area contributed by atoms with Crippen LogP contribution in [0.4, 0.5) is 5.69 Å². The minimum Gasteiger partial charge on any atom is -0.545 e. The quantitative estimate of drug-likeness (QED) is 0.930. The summed E-state index contributed by atoms with van der Waals surface area (Å²) in [5.41, 5.74) is 0.150. The first-order chi connectivity index (χ1) is 10.6. The molecule has 4 nitrogen and oxygen atoms in total. The number of amides is 1. The van der Waals surface area contributed by atoms with Crippen LogP contribution in [-0.4, -0.2) is 11.9 Å². The van der Waals surface area contributed by atoms with Crippen molar-refractivity contribution in [3.05, 3.63) is 29.8 Å². The molecule has 4 aliphatic carbocycles. The molecular weight excluding hydrogens is 278 g/mol. The van der Waals surface area contributed by atoms with Crippen LogP contribution in [0.25, 0.3) is 0 Å². The zero-order chi connectivity index (χ0) is 15.3. The number of carboxylic acids is 1. The number of carbonyl (C=O) groups excluding carboxylic acids is 2.